The van der Waals surface area contributed by atoms with E-state index in [2.05, 4.69) is 141 Å². The number of phosphoric acid groups is 1. The van der Waals surface area contributed by atoms with E-state index in [1.165, 1.54) is 199 Å². The molecule has 0 aliphatic heterocycles. The lowest BCUT2D eigenvalue weighted by Gasteiger charge is -2.29. The summed E-state index contributed by atoms with van der Waals surface area (Å²) in [6, 6.07) is -0.919. The fourth-order valence-electron chi connectivity index (χ4n) is 10.8. The minimum absolute atomic E-state index is 0.0135. The standard InChI is InChI=1S/C82H145N2O6P/c1-6-8-10-12-14-16-18-20-22-24-26-28-30-32-34-36-38-40-41-42-43-44-46-48-50-52-54-56-58-60-62-64-66-68-70-72-74-76-82(86)83-80(79-90-91(87,88)89-78-77-84(3,4)5)81(85)75-73-71-69-67-65-63-61-59-57-55-53-51-49-47-45-39-37-35-33-31-29-27-25-23-21-19-17-15-13-11-9-7-2/h8,10,14,16,20,22,26,28,32,34,38,40,42-43,46,48,52,54,65,67,73,75,80-81,85H,6-7,9,11-13,15,17-19,21,23-25,27,29-31,33,35-37,39,41,44-45,47,49-51,53,55-64,66,68-72,74,76-79H2,1-5H3,(H-,83,86,87,88)/b10-8-,16-14-,22-20-,28-26-,34-32-,40-38-,43-42-,48-46-,54-52-,67-65+,75-73+. The second-order valence-electron chi connectivity index (χ2n) is 26.6. The largest absolute Gasteiger partial charge is 0.756 e. The molecule has 9 heteroatoms. The molecule has 0 heterocycles. The number of hydrogen-bond acceptors (Lipinski definition) is 6. The number of phosphoric ester groups is 1. The van der Waals surface area contributed by atoms with Gasteiger partial charge in [0, 0.05) is 6.42 Å². The molecule has 8 nitrogen and oxygen atoms in total. The third kappa shape index (κ3) is 73.9. The molecule has 0 aromatic rings. The maximum atomic E-state index is 13.1. The van der Waals surface area contributed by atoms with Crippen LogP contribution >= 0.6 is 7.82 Å². The number of amides is 1. The molecule has 0 aliphatic rings. The first-order valence-corrected chi connectivity index (χ1v) is 39.5. The van der Waals surface area contributed by atoms with Crippen LogP contribution in [-0.4, -0.2) is 68.5 Å². The van der Waals surface area contributed by atoms with Crippen molar-refractivity contribution in [2.45, 2.75) is 341 Å². The van der Waals surface area contributed by atoms with Gasteiger partial charge in [-0.25, -0.2) is 0 Å². The van der Waals surface area contributed by atoms with Crippen LogP contribution in [0.1, 0.15) is 328 Å². The number of carbonyl (C=O) groups is 1. The number of unbranched alkanes of at least 4 members (excludes halogenated alkanes) is 36. The number of aliphatic hydroxyl groups is 1. The van der Waals surface area contributed by atoms with E-state index in [9.17, 15) is 19.4 Å². The Kier molecular flexibility index (Phi) is 68.3. The van der Waals surface area contributed by atoms with Gasteiger partial charge in [-0.2, -0.15) is 0 Å². The summed E-state index contributed by atoms with van der Waals surface area (Å²) < 4.78 is 23.5. The minimum atomic E-state index is -4.63. The van der Waals surface area contributed by atoms with Gasteiger partial charge in [0.2, 0.25) is 5.91 Å². The van der Waals surface area contributed by atoms with E-state index in [1.807, 2.05) is 27.2 Å². The summed E-state index contributed by atoms with van der Waals surface area (Å²) in [6.07, 6.45) is 107. The van der Waals surface area contributed by atoms with Crippen LogP contribution in [0, 0.1) is 0 Å². The van der Waals surface area contributed by atoms with Crippen molar-refractivity contribution < 1.29 is 32.9 Å². The maximum absolute atomic E-state index is 13.1. The highest BCUT2D eigenvalue weighted by atomic mass is 31.2. The van der Waals surface area contributed by atoms with Crippen molar-refractivity contribution >= 4 is 13.7 Å². The number of nitrogens with zero attached hydrogens (tertiary/aromatic N) is 1. The Bertz CT molecular complexity index is 1950. The lowest BCUT2D eigenvalue weighted by molar-refractivity contribution is -0.870. The molecule has 2 N–H and O–H groups in total. The van der Waals surface area contributed by atoms with Crippen LogP contribution in [0.4, 0.5) is 0 Å². The molecule has 0 rings (SSSR count). The van der Waals surface area contributed by atoms with Gasteiger partial charge in [0.15, 0.2) is 0 Å². The lowest BCUT2D eigenvalue weighted by Crippen LogP contribution is -2.45. The third-order valence-electron chi connectivity index (χ3n) is 16.6. The van der Waals surface area contributed by atoms with Crippen molar-refractivity contribution in [3.05, 3.63) is 134 Å². The zero-order valence-electron chi connectivity index (χ0n) is 60.0. The van der Waals surface area contributed by atoms with Gasteiger partial charge in [-0.15, -0.1) is 0 Å². The molecular weight excluding hydrogens is 1140 g/mol. The first kappa shape index (κ1) is 87.6. The minimum Gasteiger partial charge on any atom is -0.756 e. The van der Waals surface area contributed by atoms with Crippen molar-refractivity contribution in [3.63, 3.8) is 0 Å². The molecule has 3 atom stereocenters. The Morgan fingerprint density at radius 3 is 1.02 bits per heavy atom. The maximum Gasteiger partial charge on any atom is 0.268 e. The number of nitrogens with one attached hydrogen (secondary N) is 1. The summed E-state index contributed by atoms with van der Waals surface area (Å²) in [6.45, 7) is 4.53. The highest BCUT2D eigenvalue weighted by Crippen LogP contribution is 2.38. The molecule has 0 aromatic heterocycles. The summed E-state index contributed by atoms with van der Waals surface area (Å²) in [7, 11) is 1.23. The zero-order chi connectivity index (χ0) is 66.2. The quantitative estimate of drug-likeness (QED) is 0.0272. The summed E-state index contributed by atoms with van der Waals surface area (Å²) in [5.41, 5.74) is 0. The van der Waals surface area contributed by atoms with E-state index in [0.29, 0.717) is 17.4 Å². The fourth-order valence-corrected chi connectivity index (χ4v) is 11.5. The van der Waals surface area contributed by atoms with E-state index < -0.39 is 26.6 Å². The zero-order valence-corrected chi connectivity index (χ0v) is 60.9. The predicted octanol–water partition coefficient (Wildman–Crippen LogP) is 24.3. The Morgan fingerprint density at radius 2 is 0.681 bits per heavy atom. The van der Waals surface area contributed by atoms with Crippen LogP contribution in [0.25, 0.3) is 0 Å². The molecule has 0 aliphatic carbocycles. The molecule has 0 saturated carbocycles. The van der Waals surface area contributed by atoms with Gasteiger partial charge in [-0.1, -0.05) is 353 Å². The van der Waals surface area contributed by atoms with Crippen LogP contribution in [0.2, 0.25) is 0 Å². The summed E-state index contributed by atoms with van der Waals surface area (Å²) in [5, 5.41) is 14.0. The average molecular weight is 1290 g/mol. The molecule has 0 fully saturated rings. The Hall–Kier alpha value is -3.36. The Balaban J connectivity index is 4.13. The third-order valence-corrected chi connectivity index (χ3v) is 17.6. The van der Waals surface area contributed by atoms with Crippen molar-refractivity contribution in [3.8, 4) is 0 Å². The van der Waals surface area contributed by atoms with E-state index in [-0.39, 0.29) is 12.5 Å². The molecule has 3 unspecified atom stereocenters. The highest BCUT2D eigenvalue weighted by molar-refractivity contribution is 7.45. The molecule has 524 valence electrons. The summed E-state index contributed by atoms with van der Waals surface area (Å²) >= 11 is 0. The molecule has 0 saturated heterocycles. The molecule has 1 amide bonds. The van der Waals surface area contributed by atoms with Crippen LogP contribution in [-0.2, 0) is 18.4 Å². The van der Waals surface area contributed by atoms with Crippen molar-refractivity contribution in [2.24, 2.45) is 0 Å². The normalized spacial score (nSPS) is 14.3. The lowest BCUT2D eigenvalue weighted by atomic mass is 10.0. The smallest absolute Gasteiger partial charge is 0.268 e. The molecule has 91 heavy (non-hydrogen) atoms. The molecule has 0 radical (unpaired) electrons. The highest BCUT2D eigenvalue weighted by Gasteiger charge is 2.23. The summed E-state index contributed by atoms with van der Waals surface area (Å²) in [5.74, 6) is -0.215. The van der Waals surface area contributed by atoms with E-state index in [1.54, 1.807) is 6.08 Å². The van der Waals surface area contributed by atoms with Gasteiger partial charge >= 0.3 is 0 Å². The van der Waals surface area contributed by atoms with E-state index in [4.69, 9.17) is 9.05 Å². The number of quaternary nitrogens is 1. The Labute approximate surface area is 564 Å². The second kappa shape index (κ2) is 70.9. The van der Waals surface area contributed by atoms with Gasteiger partial charge in [-0.3, -0.25) is 9.36 Å². The van der Waals surface area contributed by atoms with Crippen LogP contribution in [0.5, 0.6) is 0 Å². The first-order valence-electron chi connectivity index (χ1n) is 38.0. The molecule has 0 aromatic carbocycles. The topological polar surface area (TPSA) is 108 Å². The van der Waals surface area contributed by atoms with Gasteiger partial charge in [0.25, 0.3) is 7.82 Å². The first-order chi connectivity index (χ1) is 44.5. The SMILES string of the molecule is CC/C=C\C/C=C\C/C=C\C/C=C\C/C=C\C/C=C\C/C=C\C/C=C\C/C=C\CCCCCCCCCCCC(=O)NC(COP(=O)([O-])OCC[N+](C)(C)C)C(O)/C=C/CC/C=C/CCCCCCCCCCCCCCCCCCCCCCCCCCCC. The molecular formula is C82H145N2O6P. The van der Waals surface area contributed by atoms with Gasteiger partial charge in [0.1, 0.15) is 13.2 Å². The number of likely N-dealkylation sites (N-methyl/N-ethyl adjacent to an activating group) is 1. The van der Waals surface area contributed by atoms with E-state index in [0.717, 1.165) is 109 Å². The average Bonchev–Trinajstić information content (AvgIpc) is 3.42. The second-order valence-corrected chi connectivity index (χ2v) is 28.0. The van der Waals surface area contributed by atoms with Crippen LogP contribution in [0.15, 0.2) is 134 Å². The molecule has 0 spiro atoms. The van der Waals surface area contributed by atoms with Gasteiger partial charge in [-0.05, 0) is 103 Å². The van der Waals surface area contributed by atoms with Gasteiger partial charge < -0.3 is 28.8 Å². The van der Waals surface area contributed by atoms with Crippen molar-refractivity contribution in [2.75, 3.05) is 40.9 Å². The summed E-state index contributed by atoms with van der Waals surface area (Å²) in [4.78, 5) is 25.7. The number of rotatable bonds is 69. The number of aliphatic hydroxyl groups excluding tert-OH is 1. The number of hydrogen-bond donors (Lipinski definition) is 2. The van der Waals surface area contributed by atoms with E-state index >= 15 is 0 Å². The number of allylic oxidation sites excluding steroid dienone is 21. The monoisotopic (exact) mass is 1290 g/mol. The van der Waals surface area contributed by atoms with Crippen molar-refractivity contribution in [1.82, 2.24) is 5.32 Å². The number of carbonyl (C=O) groups excluding carboxylic acids is 1. The molecule has 0 bridgehead atoms. The van der Waals surface area contributed by atoms with Gasteiger partial charge in [0.05, 0.1) is 39.9 Å². The van der Waals surface area contributed by atoms with Crippen molar-refractivity contribution in [1.29, 1.82) is 0 Å². The van der Waals surface area contributed by atoms with Crippen LogP contribution in [0.3, 0.4) is 0 Å². The van der Waals surface area contributed by atoms with Crippen LogP contribution < -0.4 is 10.2 Å². The Morgan fingerprint density at radius 1 is 0.396 bits per heavy atom. The fraction of sp³-hybridized carbons (Fsp3) is 0.720. The predicted molar refractivity (Wildman–Crippen MR) is 398 cm³/mol.